The number of likely N-dealkylation sites (tertiary alicyclic amines) is 1. The number of carbonyl (C=O) groups excluding carboxylic acids is 1. The second-order valence-electron chi connectivity index (χ2n) is 7.74. The van der Waals surface area contributed by atoms with Gasteiger partial charge in [0.15, 0.2) is 11.5 Å². The van der Waals surface area contributed by atoms with Crippen LogP contribution in [-0.4, -0.2) is 60.7 Å². The first-order valence-electron chi connectivity index (χ1n) is 9.95. The predicted molar refractivity (Wildman–Crippen MR) is 114 cm³/mol. The molecule has 1 aromatic heterocycles. The molecule has 1 saturated heterocycles. The summed E-state index contributed by atoms with van der Waals surface area (Å²) in [6.07, 6.45) is 1.16. The van der Waals surface area contributed by atoms with Crippen LogP contribution in [0.4, 0.5) is 0 Å². The number of carbonyl (C=O) groups is 1. The Morgan fingerprint density at radius 3 is 2.23 bits per heavy atom. The third-order valence-corrected chi connectivity index (χ3v) is 6.05. The van der Waals surface area contributed by atoms with Gasteiger partial charge in [0, 0.05) is 18.7 Å². The molecule has 1 aliphatic heterocycles. The third kappa shape index (κ3) is 4.83. The van der Waals surface area contributed by atoms with Gasteiger partial charge in [0.1, 0.15) is 0 Å². The Balaban J connectivity index is 1.74. The first-order valence-corrected chi connectivity index (χ1v) is 10.8. The molecule has 2 heterocycles. The Morgan fingerprint density at radius 2 is 1.70 bits per heavy atom. The number of hydrogen-bond acceptors (Lipinski definition) is 8. The Morgan fingerprint density at radius 1 is 1.10 bits per heavy atom. The summed E-state index contributed by atoms with van der Waals surface area (Å²) in [5, 5.41) is 8.27. The van der Waals surface area contributed by atoms with Crippen LogP contribution in [0.5, 0.6) is 17.2 Å². The molecule has 0 aliphatic carbocycles. The summed E-state index contributed by atoms with van der Waals surface area (Å²) in [7, 11) is 4.64. The molecule has 1 aliphatic rings. The lowest BCUT2D eigenvalue weighted by atomic mass is 9.92. The molecule has 0 saturated carbocycles. The van der Waals surface area contributed by atoms with E-state index in [0.29, 0.717) is 45.8 Å². The van der Waals surface area contributed by atoms with Crippen molar-refractivity contribution in [2.45, 2.75) is 37.7 Å². The van der Waals surface area contributed by atoms with E-state index in [4.69, 9.17) is 18.6 Å². The predicted octanol–water partition coefficient (Wildman–Crippen LogP) is 3.75. The lowest BCUT2D eigenvalue weighted by Gasteiger charge is -2.36. The van der Waals surface area contributed by atoms with Gasteiger partial charge in [-0.2, -0.15) is 0 Å². The SMILES string of the molecule is COc1cc(-c2nnc(SC(C)C(=O)N3CC(C)CC(C)C3)o2)cc(OC)c1OC. The van der Waals surface area contributed by atoms with Crippen LogP contribution in [0, 0.1) is 11.8 Å². The number of ether oxygens (including phenoxy) is 3. The average Bonchev–Trinajstić information content (AvgIpc) is 3.19. The molecule has 1 amide bonds. The quantitative estimate of drug-likeness (QED) is 0.608. The standard InChI is InChI=1S/C21H29N3O5S/c1-12-7-13(2)11-24(10-12)20(25)14(3)30-21-23-22-19(29-21)15-8-16(26-4)18(28-6)17(9-15)27-5/h8-9,12-14H,7,10-11H2,1-6H3. The summed E-state index contributed by atoms with van der Waals surface area (Å²) in [5.74, 6) is 2.94. The topological polar surface area (TPSA) is 86.9 Å². The van der Waals surface area contributed by atoms with Crippen LogP contribution in [-0.2, 0) is 4.79 Å². The number of amides is 1. The van der Waals surface area contributed by atoms with Crippen molar-refractivity contribution in [3.05, 3.63) is 12.1 Å². The maximum atomic E-state index is 12.9. The van der Waals surface area contributed by atoms with Crippen molar-refractivity contribution in [1.29, 1.82) is 0 Å². The maximum Gasteiger partial charge on any atom is 0.277 e. The Labute approximate surface area is 181 Å². The Kier molecular flexibility index (Phi) is 7.12. The van der Waals surface area contributed by atoms with Gasteiger partial charge in [0.25, 0.3) is 5.22 Å². The van der Waals surface area contributed by atoms with Crippen molar-refractivity contribution >= 4 is 17.7 Å². The van der Waals surface area contributed by atoms with Crippen LogP contribution in [0.25, 0.3) is 11.5 Å². The van der Waals surface area contributed by atoms with Gasteiger partial charge in [-0.15, -0.1) is 10.2 Å². The fraction of sp³-hybridized carbons (Fsp3) is 0.571. The van der Waals surface area contributed by atoms with E-state index in [0.717, 1.165) is 19.5 Å². The molecule has 0 bridgehead atoms. The molecule has 1 fully saturated rings. The summed E-state index contributed by atoms with van der Waals surface area (Å²) < 4.78 is 21.9. The molecular weight excluding hydrogens is 406 g/mol. The lowest BCUT2D eigenvalue weighted by molar-refractivity contribution is -0.132. The molecule has 164 valence electrons. The smallest absolute Gasteiger partial charge is 0.277 e. The number of benzene rings is 1. The minimum atomic E-state index is -0.310. The summed E-state index contributed by atoms with van der Waals surface area (Å²) >= 11 is 1.27. The van der Waals surface area contributed by atoms with E-state index in [9.17, 15) is 4.79 Å². The van der Waals surface area contributed by atoms with Gasteiger partial charge in [-0.1, -0.05) is 25.6 Å². The van der Waals surface area contributed by atoms with Crippen LogP contribution < -0.4 is 14.2 Å². The number of rotatable bonds is 7. The molecule has 0 spiro atoms. The molecule has 0 N–H and O–H groups in total. The third-order valence-electron chi connectivity index (χ3n) is 5.12. The van der Waals surface area contributed by atoms with E-state index in [1.54, 1.807) is 33.5 Å². The summed E-state index contributed by atoms with van der Waals surface area (Å²) in [6, 6.07) is 3.49. The van der Waals surface area contributed by atoms with E-state index >= 15 is 0 Å². The molecule has 30 heavy (non-hydrogen) atoms. The zero-order valence-electron chi connectivity index (χ0n) is 18.3. The summed E-state index contributed by atoms with van der Waals surface area (Å²) in [4.78, 5) is 14.8. The van der Waals surface area contributed by atoms with E-state index < -0.39 is 0 Å². The Hall–Kier alpha value is -2.42. The van der Waals surface area contributed by atoms with Gasteiger partial charge < -0.3 is 23.5 Å². The highest BCUT2D eigenvalue weighted by molar-refractivity contribution is 8.00. The molecule has 9 heteroatoms. The minimum Gasteiger partial charge on any atom is -0.493 e. The van der Waals surface area contributed by atoms with Crippen molar-refractivity contribution in [2.24, 2.45) is 11.8 Å². The first kappa shape index (κ1) is 22.3. The molecule has 1 aromatic carbocycles. The zero-order chi connectivity index (χ0) is 21.8. The molecule has 0 radical (unpaired) electrons. The lowest BCUT2D eigenvalue weighted by Crippen LogP contribution is -2.45. The zero-order valence-corrected chi connectivity index (χ0v) is 19.1. The fourth-order valence-corrected chi connectivity index (χ4v) is 4.65. The van der Waals surface area contributed by atoms with Crippen LogP contribution in [0.15, 0.2) is 21.8 Å². The van der Waals surface area contributed by atoms with Crippen LogP contribution >= 0.6 is 11.8 Å². The molecule has 3 atom stereocenters. The van der Waals surface area contributed by atoms with Crippen molar-refractivity contribution in [3.63, 3.8) is 0 Å². The van der Waals surface area contributed by atoms with E-state index in [-0.39, 0.29) is 11.2 Å². The normalized spacial score (nSPS) is 20.0. The summed E-state index contributed by atoms with van der Waals surface area (Å²) in [6.45, 7) is 7.86. The number of piperidine rings is 1. The van der Waals surface area contributed by atoms with Gasteiger partial charge in [0.05, 0.1) is 26.6 Å². The average molecular weight is 436 g/mol. The van der Waals surface area contributed by atoms with E-state index in [2.05, 4.69) is 24.0 Å². The number of methoxy groups -OCH3 is 3. The van der Waals surface area contributed by atoms with Crippen molar-refractivity contribution in [3.8, 4) is 28.7 Å². The first-order chi connectivity index (χ1) is 14.4. The number of nitrogens with zero attached hydrogens (tertiary/aromatic N) is 3. The monoisotopic (exact) mass is 435 g/mol. The van der Waals surface area contributed by atoms with Crippen LogP contribution in [0.2, 0.25) is 0 Å². The second kappa shape index (κ2) is 9.59. The molecule has 2 aromatic rings. The fourth-order valence-electron chi connectivity index (χ4n) is 3.88. The maximum absolute atomic E-state index is 12.9. The highest BCUT2D eigenvalue weighted by Crippen LogP contribution is 2.41. The molecular formula is C21H29N3O5S. The summed E-state index contributed by atoms with van der Waals surface area (Å²) in [5.41, 5.74) is 0.640. The second-order valence-corrected chi connectivity index (χ2v) is 9.03. The van der Waals surface area contributed by atoms with Crippen LogP contribution in [0.3, 0.4) is 0 Å². The number of hydrogen-bond donors (Lipinski definition) is 0. The largest absolute Gasteiger partial charge is 0.493 e. The number of thioether (sulfide) groups is 1. The molecule has 3 rings (SSSR count). The molecule has 3 unspecified atom stereocenters. The van der Waals surface area contributed by atoms with Gasteiger partial charge in [-0.3, -0.25) is 4.79 Å². The van der Waals surface area contributed by atoms with Crippen molar-refractivity contribution < 1.29 is 23.4 Å². The Bertz CT molecular complexity index is 852. The van der Waals surface area contributed by atoms with Gasteiger partial charge >= 0.3 is 0 Å². The van der Waals surface area contributed by atoms with Gasteiger partial charge in [-0.25, -0.2) is 0 Å². The van der Waals surface area contributed by atoms with Crippen molar-refractivity contribution in [2.75, 3.05) is 34.4 Å². The number of aromatic nitrogens is 2. The minimum absolute atomic E-state index is 0.103. The van der Waals surface area contributed by atoms with Gasteiger partial charge in [0.2, 0.25) is 17.5 Å². The van der Waals surface area contributed by atoms with Gasteiger partial charge in [-0.05, 0) is 37.3 Å². The van der Waals surface area contributed by atoms with E-state index in [1.807, 2.05) is 11.8 Å². The molecule has 8 nitrogen and oxygen atoms in total. The highest BCUT2D eigenvalue weighted by atomic mass is 32.2. The van der Waals surface area contributed by atoms with Crippen LogP contribution in [0.1, 0.15) is 27.2 Å². The highest BCUT2D eigenvalue weighted by Gasteiger charge is 2.29. The van der Waals surface area contributed by atoms with E-state index in [1.165, 1.54) is 11.8 Å². The van der Waals surface area contributed by atoms with Crippen molar-refractivity contribution in [1.82, 2.24) is 15.1 Å².